The quantitative estimate of drug-likeness (QED) is 0.532. The fourth-order valence-corrected chi connectivity index (χ4v) is 2.04. The molecule has 0 saturated carbocycles. The molecule has 3 rings (SSSR count). The minimum atomic E-state index is -0.495. The molecule has 0 radical (unpaired) electrons. The molecule has 0 unspecified atom stereocenters. The predicted molar refractivity (Wildman–Crippen MR) is 83.3 cm³/mol. The summed E-state index contributed by atoms with van der Waals surface area (Å²) in [7, 11) is 0. The van der Waals surface area contributed by atoms with Gasteiger partial charge in [-0.2, -0.15) is 0 Å². The van der Waals surface area contributed by atoms with Crippen LogP contribution in [0.2, 0.25) is 0 Å². The molecule has 0 aliphatic carbocycles. The first-order chi connectivity index (χ1) is 11.1. The van der Waals surface area contributed by atoms with Gasteiger partial charge in [0.05, 0.1) is 4.92 Å². The Morgan fingerprint density at radius 2 is 1.87 bits per heavy atom. The molecule has 7 heteroatoms. The van der Waals surface area contributed by atoms with Crippen LogP contribution in [0.15, 0.2) is 48.5 Å². The molecule has 0 aromatic heterocycles. The highest BCUT2D eigenvalue weighted by molar-refractivity contribution is 6.02. The summed E-state index contributed by atoms with van der Waals surface area (Å²) in [6, 6.07) is 11.0. The van der Waals surface area contributed by atoms with Gasteiger partial charge in [-0.05, 0) is 35.9 Å². The van der Waals surface area contributed by atoms with Crippen molar-refractivity contribution in [2.24, 2.45) is 0 Å². The van der Waals surface area contributed by atoms with Crippen LogP contribution in [0.1, 0.15) is 5.56 Å². The van der Waals surface area contributed by atoms with Crippen LogP contribution < -0.4 is 14.8 Å². The van der Waals surface area contributed by atoms with Crippen LogP contribution in [0, 0.1) is 10.1 Å². The highest BCUT2D eigenvalue weighted by atomic mass is 16.7. The van der Waals surface area contributed by atoms with E-state index in [1.54, 1.807) is 18.2 Å². The number of nitrogens with zero attached hydrogens (tertiary/aromatic N) is 1. The Kier molecular flexibility index (Phi) is 3.92. The second kappa shape index (κ2) is 6.18. The van der Waals surface area contributed by atoms with Crippen molar-refractivity contribution >= 4 is 23.4 Å². The number of nitrogens with one attached hydrogen (secondary N) is 1. The Bertz CT molecular complexity index is 784. The number of benzene rings is 2. The van der Waals surface area contributed by atoms with Crippen molar-refractivity contribution in [1.82, 2.24) is 0 Å². The van der Waals surface area contributed by atoms with Gasteiger partial charge in [-0.15, -0.1) is 0 Å². The number of nitro benzene ring substituents is 1. The summed E-state index contributed by atoms with van der Waals surface area (Å²) in [5.74, 6) is 0.983. The Balaban J connectivity index is 1.63. The molecule has 0 atom stereocenters. The van der Waals surface area contributed by atoms with Crippen LogP contribution in [-0.2, 0) is 4.79 Å². The summed E-state index contributed by atoms with van der Waals surface area (Å²) in [6.45, 7) is 0.198. The number of carbonyl (C=O) groups is 1. The van der Waals surface area contributed by atoms with Gasteiger partial charge in [0.15, 0.2) is 11.5 Å². The smallest absolute Gasteiger partial charge is 0.269 e. The zero-order valence-electron chi connectivity index (χ0n) is 11.9. The molecule has 1 aliphatic heterocycles. The second-order valence-corrected chi connectivity index (χ2v) is 4.74. The Morgan fingerprint density at radius 3 is 2.61 bits per heavy atom. The lowest BCUT2D eigenvalue weighted by Crippen LogP contribution is -2.07. The summed E-state index contributed by atoms with van der Waals surface area (Å²) in [5, 5.41) is 13.2. The van der Waals surface area contributed by atoms with E-state index in [9.17, 15) is 14.9 Å². The van der Waals surface area contributed by atoms with E-state index >= 15 is 0 Å². The van der Waals surface area contributed by atoms with Crippen molar-refractivity contribution in [3.05, 3.63) is 64.2 Å². The van der Waals surface area contributed by atoms with Gasteiger partial charge in [0.25, 0.3) is 5.69 Å². The molecule has 0 spiro atoms. The highest BCUT2D eigenvalue weighted by Crippen LogP contribution is 2.32. The van der Waals surface area contributed by atoms with Gasteiger partial charge in [-0.25, -0.2) is 0 Å². The third-order valence-electron chi connectivity index (χ3n) is 3.17. The molecule has 1 aliphatic rings. The van der Waals surface area contributed by atoms with Crippen LogP contribution in [0.3, 0.4) is 0 Å². The van der Waals surface area contributed by atoms with E-state index in [0.29, 0.717) is 17.2 Å². The van der Waals surface area contributed by atoms with Gasteiger partial charge in [0.2, 0.25) is 12.7 Å². The molecule has 1 N–H and O–H groups in total. The number of hydrogen-bond donors (Lipinski definition) is 1. The summed E-state index contributed by atoms with van der Waals surface area (Å²) in [5.41, 5.74) is 1.25. The Hall–Kier alpha value is -3.35. The first-order valence-electron chi connectivity index (χ1n) is 6.75. The van der Waals surface area contributed by atoms with E-state index in [2.05, 4.69) is 5.32 Å². The minimum Gasteiger partial charge on any atom is -0.454 e. The third-order valence-corrected chi connectivity index (χ3v) is 3.17. The number of carbonyl (C=O) groups excluding carboxylic acids is 1. The molecule has 1 heterocycles. The monoisotopic (exact) mass is 312 g/mol. The number of nitro groups is 1. The number of ether oxygens (including phenoxy) is 2. The molecule has 1 amide bonds. The van der Waals surface area contributed by atoms with E-state index in [-0.39, 0.29) is 18.4 Å². The fourth-order valence-electron chi connectivity index (χ4n) is 2.04. The number of rotatable bonds is 4. The van der Waals surface area contributed by atoms with Crippen LogP contribution in [-0.4, -0.2) is 17.6 Å². The number of hydrogen-bond acceptors (Lipinski definition) is 5. The molecule has 2 aromatic rings. The van der Waals surface area contributed by atoms with Gasteiger partial charge in [0.1, 0.15) is 0 Å². The summed E-state index contributed by atoms with van der Waals surface area (Å²) >= 11 is 0. The van der Waals surface area contributed by atoms with Gasteiger partial charge in [-0.3, -0.25) is 14.9 Å². The maximum absolute atomic E-state index is 11.9. The summed E-state index contributed by atoms with van der Waals surface area (Å²) in [6.07, 6.45) is 3.02. The number of anilines is 1. The van der Waals surface area contributed by atoms with Crippen LogP contribution >= 0.6 is 0 Å². The lowest BCUT2D eigenvalue weighted by molar-refractivity contribution is -0.384. The first kappa shape index (κ1) is 14.6. The van der Waals surface area contributed by atoms with E-state index in [0.717, 1.165) is 5.56 Å². The first-order valence-corrected chi connectivity index (χ1v) is 6.75. The topological polar surface area (TPSA) is 90.7 Å². The number of fused-ring (bicyclic) bond motifs is 1. The molecular weight excluding hydrogens is 300 g/mol. The van der Waals surface area contributed by atoms with Gasteiger partial charge in [0, 0.05) is 23.9 Å². The maximum atomic E-state index is 11.9. The van der Waals surface area contributed by atoms with Crippen molar-refractivity contribution in [3.8, 4) is 11.5 Å². The van der Waals surface area contributed by atoms with Gasteiger partial charge in [-0.1, -0.05) is 6.07 Å². The van der Waals surface area contributed by atoms with Crippen molar-refractivity contribution in [2.75, 3.05) is 12.1 Å². The standard InChI is InChI=1S/C16H12N2O5/c19-16(17-12-3-5-13(6-4-12)18(20)21)8-2-11-1-7-14-15(9-11)23-10-22-14/h1-9H,10H2,(H,17,19). The normalized spacial score (nSPS) is 12.3. The molecule has 116 valence electrons. The van der Waals surface area contributed by atoms with E-state index in [1.807, 2.05) is 6.07 Å². The SMILES string of the molecule is O=C(C=Cc1ccc2c(c1)OCO2)Nc1ccc([N+](=O)[O-])cc1. The van der Waals surface area contributed by atoms with E-state index < -0.39 is 4.92 Å². The number of amides is 1. The Morgan fingerprint density at radius 1 is 1.13 bits per heavy atom. The molecule has 0 fully saturated rings. The summed E-state index contributed by atoms with van der Waals surface area (Å²) < 4.78 is 10.5. The molecule has 2 aromatic carbocycles. The van der Waals surface area contributed by atoms with E-state index in [4.69, 9.17) is 9.47 Å². The second-order valence-electron chi connectivity index (χ2n) is 4.74. The number of non-ortho nitro benzene ring substituents is 1. The average Bonchev–Trinajstić information content (AvgIpc) is 3.01. The molecule has 0 bridgehead atoms. The maximum Gasteiger partial charge on any atom is 0.269 e. The van der Waals surface area contributed by atoms with E-state index in [1.165, 1.54) is 30.3 Å². The van der Waals surface area contributed by atoms with Crippen LogP contribution in [0.25, 0.3) is 6.08 Å². The largest absolute Gasteiger partial charge is 0.454 e. The van der Waals surface area contributed by atoms with Crippen molar-refractivity contribution in [1.29, 1.82) is 0 Å². The fraction of sp³-hybridized carbons (Fsp3) is 0.0625. The third kappa shape index (κ3) is 3.46. The van der Waals surface area contributed by atoms with Crippen LogP contribution in [0.5, 0.6) is 11.5 Å². The molecular formula is C16H12N2O5. The lowest BCUT2D eigenvalue weighted by atomic mass is 10.2. The van der Waals surface area contributed by atoms with Gasteiger partial charge < -0.3 is 14.8 Å². The molecule has 0 saturated heterocycles. The average molecular weight is 312 g/mol. The predicted octanol–water partition coefficient (Wildman–Crippen LogP) is 2.98. The van der Waals surface area contributed by atoms with Crippen molar-refractivity contribution in [3.63, 3.8) is 0 Å². The van der Waals surface area contributed by atoms with Crippen LogP contribution in [0.4, 0.5) is 11.4 Å². The summed E-state index contributed by atoms with van der Waals surface area (Å²) in [4.78, 5) is 21.9. The Labute approximate surface area is 131 Å². The lowest BCUT2D eigenvalue weighted by Gasteiger charge is -2.01. The molecule has 23 heavy (non-hydrogen) atoms. The van der Waals surface area contributed by atoms with Crippen molar-refractivity contribution < 1.29 is 19.2 Å². The highest BCUT2D eigenvalue weighted by Gasteiger charge is 2.12. The zero-order valence-corrected chi connectivity index (χ0v) is 11.9. The molecule has 7 nitrogen and oxygen atoms in total. The minimum absolute atomic E-state index is 0.0288. The van der Waals surface area contributed by atoms with Gasteiger partial charge >= 0.3 is 0 Å². The van der Waals surface area contributed by atoms with Crippen molar-refractivity contribution in [2.45, 2.75) is 0 Å². The zero-order chi connectivity index (χ0) is 16.2.